The van der Waals surface area contributed by atoms with Crippen LogP contribution in [0.3, 0.4) is 0 Å². The average molecular weight is 472 g/mol. The summed E-state index contributed by atoms with van der Waals surface area (Å²) in [5.74, 6) is 0.232. The summed E-state index contributed by atoms with van der Waals surface area (Å²) in [6.07, 6.45) is 6.27. The number of H-pyrrole nitrogens is 1. The van der Waals surface area contributed by atoms with E-state index >= 15 is 0 Å². The van der Waals surface area contributed by atoms with E-state index in [-0.39, 0.29) is 24.7 Å². The first kappa shape index (κ1) is 20.6. The van der Waals surface area contributed by atoms with Crippen LogP contribution in [0.1, 0.15) is 11.1 Å². The minimum Gasteiger partial charge on any atom is -0.454 e. The number of carbonyl (C=O) groups excluding carboxylic acids is 2. The number of aromatic amines is 1. The van der Waals surface area contributed by atoms with Crippen LogP contribution >= 0.6 is 0 Å². The number of benzene rings is 2. The summed E-state index contributed by atoms with van der Waals surface area (Å²) in [5, 5.41) is 4.23. The van der Waals surface area contributed by atoms with Crippen LogP contribution in [0.5, 0.6) is 11.5 Å². The molecule has 8 nitrogen and oxygen atoms in total. The number of rotatable bonds is 6. The van der Waals surface area contributed by atoms with Gasteiger partial charge in [0.25, 0.3) is 0 Å². The van der Waals surface area contributed by atoms with Crippen LogP contribution in [0.15, 0.2) is 60.8 Å². The molecule has 4 aliphatic heterocycles. The smallest absolute Gasteiger partial charge is 0.231 e. The molecular weight excluding hydrogens is 446 g/mol. The van der Waals surface area contributed by atoms with E-state index in [2.05, 4.69) is 16.4 Å². The molecule has 2 N–H and O–H groups in total. The van der Waals surface area contributed by atoms with Crippen LogP contribution in [0, 0.1) is 11.8 Å². The molecule has 178 valence electrons. The number of para-hydroxylation sites is 1. The van der Waals surface area contributed by atoms with E-state index in [0.29, 0.717) is 37.6 Å². The summed E-state index contributed by atoms with van der Waals surface area (Å²) in [4.78, 5) is 31.8. The van der Waals surface area contributed by atoms with E-state index in [0.717, 1.165) is 22.0 Å². The first-order valence-corrected chi connectivity index (χ1v) is 12.0. The molecule has 35 heavy (non-hydrogen) atoms. The number of amides is 2. The molecule has 1 aromatic heterocycles. The monoisotopic (exact) mass is 471 g/mol. The second-order valence-corrected chi connectivity index (χ2v) is 9.68. The lowest BCUT2D eigenvalue weighted by Gasteiger charge is -2.23. The minimum absolute atomic E-state index is 0.0358. The molecule has 3 aromatic rings. The number of ether oxygens (including phenoxy) is 3. The van der Waals surface area contributed by atoms with Gasteiger partial charge >= 0.3 is 0 Å². The molecule has 2 aromatic carbocycles. The number of aromatic nitrogens is 1. The van der Waals surface area contributed by atoms with E-state index in [1.165, 1.54) is 0 Å². The summed E-state index contributed by atoms with van der Waals surface area (Å²) in [6.45, 7) is 1.59. The molecule has 0 saturated carbocycles. The molecule has 7 rings (SSSR count). The maximum absolute atomic E-state index is 13.5. The highest BCUT2D eigenvalue weighted by Gasteiger charge is 2.66. The van der Waals surface area contributed by atoms with E-state index in [1.54, 1.807) is 4.90 Å². The Labute approximate surface area is 201 Å². The van der Waals surface area contributed by atoms with Crippen LogP contribution < -0.4 is 14.8 Å². The highest BCUT2D eigenvalue weighted by Crippen LogP contribution is 2.52. The Hall–Kier alpha value is -3.78. The summed E-state index contributed by atoms with van der Waals surface area (Å²) in [5.41, 5.74) is 2.48. The fourth-order valence-corrected chi connectivity index (χ4v) is 6.05. The quantitative estimate of drug-likeness (QED) is 0.539. The molecule has 2 fully saturated rings. The van der Waals surface area contributed by atoms with Gasteiger partial charge in [-0.3, -0.25) is 9.59 Å². The van der Waals surface area contributed by atoms with Crippen molar-refractivity contribution < 1.29 is 23.8 Å². The van der Waals surface area contributed by atoms with Crippen molar-refractivity contribution >= 4 is 22.7 Å². The number of hydrogen-bond donors (Lipinski definition) is 2. The van der Waals surface area contributed by atoms with Crippen molar-refractivity contribution in [1.29, 1.82) is 0 Å². The van der Waals surface area contributed by atoms with Gasteiger partial charge in [0.15, 0.2) is 11.5 Å². The van der Waals surface area contributed by atoms with Crippen LogP contribution in [0.25, 0.3) is 10.9 Å². The summed E-state index contributed by atoms with van der Waals surface area (Å²) < 4.78 is 17.1. The summed E-state index contributed by atoms with van der Waals surface area (Å²) in [6, 6.07) is 13.8. The molecule has 2 amide bonds. The molecule has 5 heterocycles. The Morgan fingerprint density at radius 3 is 3.00 bits per heavy atom. The standard InChI is InChI=1S/C27H25N3O5/c31-25(28-10-8-17-12-29-19-4-2-1-3-18(17)19)23-21-7-9-27(35-21)14-30(26(32)24(23)27)13-16-5-6-20-22(11-16)34-15-33-20/h1-7,9,11-12,21,23-24,29H,8,10,13-15H2,(H,28,31)/t21-,23-,24-,27-/m0/s1. The van der Waals surface area contributed by atoms with E-state index in [1.807, 2.05) is 54.7 Å². The normalized spacial score (nSPS) is 27.7. The Kier molecular flexibility index (Phi) is 4.48. The molecule has 0 unspecified atom stereocenters. The maximum atomic E-state index is 13.5. The molecule has 4 aliphatic rings. The zero-order chi connectivity index (χ0) is 23.6. The first-order valence-electron chi connectivity index (χ1n) is 12.0. The average Bonchev–Trinajstić information content (AvgIpc) is 3.67. The van der Waals surface area contributed by atoms with Gasteiger partial charge in [0, 0.05) is 30.2 Å². The molecule has 2 bridgehead atoms. The lowest BCUT2D eigenvalue weighted by Crippen LogP contribution is -2.44. The zero-order valence-electron chi connectivity index (χ0n) is 19.0. The fraction of sp³-hybridized carbons (Fsp3) is 0.333. The third kappa shape index (κ3) is 3.16. The Morgan fingerprint density at radius 2 is 2.06 bits per heavy atom. The van der Waals surface area contributed by atoms with Crippen molar-refractivity contribution in [1.82, 2.24) is 15.2 Å². The van der Waals surface area contributed by atoms with Gasteiger partial charge in [0.05, 0.1) is 24.5 Å². The summed E-state index contributed by atoms with van der Waals surface area (Å²) >= 11 is 0. The third-order valence-corrected chi connectivity index (χ3v) is 7.66. The molecule has 2 saturated heterocycles. The SMILES string of the molecule is O=C(NCCc1c[nH]c2ccccc12)[C@H]1[C@@H]2C=C[C@@]3(CN(Cc4ccc5c(c4)OCO5)C(=O)[C@H]13)O2. The maximum Gasteiger partial charge on any atom is 0.231 e. The number of hydrogen-bond acceptors (Lipinski definition) is 5. The predicted molar refractivity (Wildman–Crippen MR) is 127 cm³/mol. The second kappa shape index (κ2) is 7.61. The van der Waals surface area contributed by atoms with Crippen molar-refractivity contribution in [2.24, 2.45) is 11.8 Å². The van der Waals surface area contributed by atoms with Crippen molar-refractivity contribution in [3.05, 3.63) is 71.9 Å². The van der Waals surface area contributed by atoms with Gasteiger partial charge in [-0.2, -0.15) is 0 Å². The number of nitrogens with zero attached hydrogens (tertiary/aromatic N) is 1. The molecular formula is C27H25N3O5. The molecule has 0 radical (unpaired) electrons. The third-order valence-electron chi connectivity index (χ3n) is 7.66. The highest BCUT2D eigenvalue weighted by molar-refractivity contribution is 5.93. The number of nitrogens with one attached hydrogen (secondary N) is 2. The van der Waals surface area contributed by atoms with Crippen LogP contribution in [-0.4, -0.2) is 53.3 Å². The lowest BCUT2D eigenvalue weighted by molar-refractivity contribution is -0.137. The number of fused-ring (bicyclic) bond motifs is 3. The van der Waals surface area contributed by atoms with Crippen LogP contribution in [0.4, 0.5) is 0 Å². The van der Waals surface area contributed by atoms with E-state index in [4.69, 9.17) is 14.2 Å². The van der Waals surface area contributed by atoms with Crippen LogP contribution in [0.2, 0.25) is 0 Å². The number of carbonyl (C=O) groups is 2. The van der Waals surface area contributed by atoms with Crippen molar-refractivity contribution in [3.8, 4) is 11.5 Å². The Morgan fingerprint density at radius 1 is 1.17 bits per heavy atom. The largest absolute Gasteiger partial charge is 0.454 e. The van der Waals surface area contributed by atoms with E-state index in [9.17, 15) is 9.59 Å². The van der Waals surface area contributed by atoms with E-state index < -0.39 is 17.4 Å². The Balaban J connectivity index is 1.04. The molecule has 4 atom stereocenters. The van der Waals surface area contributed by atoms with Crippen molar-refractivity contribution in [2.75, 3.05) is 19.9 Å². The Bertz CT molecular complexity index is 1380. The lowest BCUT2D eigenvalue weighted by atomic mass is 9.77. The topological polar surface area (TPSA) is 92.9 Å². The van der Waals surface area contributed by atoms with Crippen molar-refractivity contribution in [3.63, 3.8) is 0 Å². The van der Waals surface area contributed by atoms with Gasteiger partial charge in [-0.15, -0.1) is 0 Å². The zero-order valence-corrected chi connectivity index (χ0v) is 19.0. The van der Waals surface area contributed by atoms with Gasteiger partial charge in [0.2, 0.25) is 18.6 Å². The molecule has 0 aliphatic carbocycles. The van der Waals surface area contributed by atoms with Crippen LogP contribution in [-0.2, 0) is 27.3 Å². The first-order chi connectivity index (χ1) is 17.1. The number of likely N-dealkylation sites (tertiary alicyclic amines) is 1. The molecule has 1 spiro atoms. The molecule has 8 heteroatoms. The van der Waals surface area contributed by atoms with Gasteiger partial charge in [-0.25, -0.2) is 0 Å². The van der Waals surface area contributed by atoms with Gasteiger partial charge in [-0.1, -0.05) is 36.4 Å². The highest BCUT2D eigenvalue weighted by atomic mass is 16.7. The van der Waals surface area contributed by atoms with Gasteiger partial charge in [-0.05, 0) is 35.7 Å². The van der Waals surface area contributed by atoms with Gasteiger partial charge < -0.3 is 29.4 Å². The summed E-state index contributed by atoms with van der Waals surface area (Å²) in [7, 11) is 0. The second-order valence-electron chi connectivity index (χ2n) is 9.68. The van der Waals surface area contributed by atoms with Crippen molar-refractivity contribution in [2.45, 2.75) is 24.7 Å². The fourth-order valence-electron chi connectivity index (χ4n) is 6.05. The van der Waals surface area contributed by atoms with Gasteiger partial charge in [0.1, 0.15) is 5.60 Å². The minimum atomic E-state index is -0.725. The predicted octanol–water partition coefficient (Wildman–Crippen LogP) is 2.54.